The van der Waals surface area contributed by atoms with E-state index in [9.17, 15) is 19.5 Å². The maximum Gasteiger partial charge on any atom is 0.408 e. The number of nitrogens with one attached hydrogen (secondary N) is 1. The van der Waals surface area contributed by atoms with Crippen LogP contribution in [-0.4, -0.2) is 71.2 Å². The normalized spacial score (nSPS) is 30.5. The number of hydrogen-bond acceptors (Lipinski definition) is 5. The Balaban J connectivity index is 1.69. The number of rotatable bonds is 8. The zero-order chi connectivity index (χ0) is 23.8. The number of carbonyl (C=O) groups is 3. The summed E-state index contributed by atoms with van der Waals surface area (Å²) in [6, 6.07) is 9.42. The van der Waals surface area contributed by atoms with Crippen molar-refractivity contribution in [2.24, 2.45) is 23.7 Å². The van der Waals surface area contributed by atoms with E-state index in [1.54, 1.807) is 0 Å². The van der Waals surface area contributed by atoms with E-state index in [-0.39, 0.29) is 42.1 Å². The summed E-state index contributed by atoms with van der Waals surface area (Å²) in [5, 5.41) is 13.3. The lowest BCUT2D eigenvalue weighted by Gasteiger charge is -2.60. The third-order valence-electron chi connectivity index (χ3n) is 7.78. The van der Waals surface area contributed by atoms with Gasteiger partial charge in [0.15, 0.2) is 0 Å². The number of likely N-dealkylation sites (tertiary alicyclic amines) is 1. The van der Waals surface area contributed by atoms with Crippen LogP contribution in [0.3, 0.4) is 0 Å². The Hall–Kier alpha value is -2.61. The zero-order valence-corrected chi connectivity index (χ0v) is 19.7. The summed E-state index contributed by atoms with van der Waals surface area (Å²) in [6.45, 7) is 6.47. The number of carboxylic acid groups (broad SMARTS) is 1. The summed E-state index contributed by atoms with van der Waals surface area (Å²) >= 11 is 0. The summed E-state index contributed by atoms with van der Waals surface area (Å²) < 4.78 is 4.88. The van der Waals surface area contributed by atoms with E-state index in [4.69, 9.17) is 4.74 Å². The SMILES string of the molecule is COC(=O)CC[C@@H]1[C@H]2C[C@H]3CN(CC(C)C)[C@@H]1[C@@]3(C(=O)NCc1ccccc1)N(C(=O)O)C2. The molecule has 2 N–H and O–H groups in total. The van der Waals surface area contributed by atoms with Gasteiger partial charge >= 0.3 is 12.1 Å². The number of fused-ring (bicyclic) bond motifs is 1. The smallest absolute Gasteiger partial charge is 0.408 e. The number of amides is 2. The van der Waals surface area contributed by atoms with Crippen LogP contribution in [0.25, 0.3) is 0 Å². The van der Waals surface area contributed by atoms with Crippen molar-refractivity contribution in [1.82, 2.24) is 15.1 Å². The highest BCUT2D eigenvalue weighted by molar-refractivity contribution is 5.92. The predicted octanol–water partition coefficient (Wildman–Crippen LogP) is 2.58. The van der Waals surface area contributed by atoms with E-state index in [2.05, 4.69) is 24.1 Å². The van der Waals surface area contributed by atoms with E-state index in [1.807, 2.05) is 30.3 Å². The summed E-state index contributed by atoms with van der Waals surface area (Å²) in [6.07, 6.45) is 0.648. The maximum atomic E-state index is 14.0. The number of hydrogen-bond donors (Lipinski definition) is 2. The molecule has 1 aromatic rings. The second-order valence-corrected chi connectivity index (χ2v) is 10.2. The average Bonchev–Trinajstić information content (AvgIpc) is 3.05. The minimum atomic E-state index is -1.13. The predicted molar refractivity (Wildman–Crippen MR) is 122 cm³/mol. The van der Waals surface area contributed by atoms with Gasteiger partial charge in [0.1, 0.15) is 5.54 Å². The van der Waals surface area contributed by atoms with Gasteiger partial charge in [-0.25, -0.2) is 4.79 Å². The molecule has 3 heterocycles. The van der Waals surface area contributed by atoms with Gasteiger partial charge in [-0.15, -0.1) is 0 Å². The molecule has 8 nitrogen and oxygen atoms in total. The highest BCUT2D eigenvalue weighted by atomic mass is 16.5. The van der Waals surface area contributed by atoms with Crippen molar-refractivity contribution >= 4 is 18.0 Å². The van der Waals surface area contributed by atoms with Gasteiger partial charge in [0.2, 0.25) is 5.91 Å². The quantitative estimate of drug-likeness (QED) is 0.582. The summed E-state index contributed by atoms with van der Waals surface area (Å²) in [5.74, 6) is 0.0600. The van der Waals surface area contributed by atoms with Crippen LogP contribution in [0, 0.1) is 23.7 Å². The summed E-state index contributed by atoms with van der Waals surface area (Å²) in [4.78, 5) is 42.1. The molecule has 4 bridgehead atoms. The monoisotopic (exact) mass is 457 g/mol. The minimum Gasteiger partial charge on any atom is -0.469 e. The molecule has 5 rings (SSSR count). The number of piperidine rings is 2. The number of nitrogens with zero attached hydrogens (tertiary/aromatic N) is 2. The lowest BCUT2D eigenvalue weighted by Crippen LogP contribution is -2.77. The van der Waals surface area contributed by atoms with Gasteiger partial charge < -0.3 is 15.2 Å². The van der Waals surface area contributed by atoms with Crippen LogP contribution >= 0.6 is 0 Å². The van der Waals surface area contributed by atoms with E-state index in [1.165, 1.54) is 12.0 Å². The Kier molecular flexibility index (Phi) is 6.66. The number of esters is 1. The Morgan fingerprint density at radius 2 is 1.94 bits per heavy atom. The molecule has 1 saturated carbocycles. The van der Waals surface area contributed by atoms with Crippen molar-refractivity contribution in [2.75, 3.05) is 26.7 Å². The first-order valence-corrected chi connectivity index (χ1v) is 11.9. The average molecular weight is 458 g/mol. The number of methoxy groups -OCH3 is 1. The standard InChI is InChI=1S/C25H35N3O5/c1-16(2)13-27-15-19-11-18-14-28(24(31)32)25(19,22(27)20(18)9-10-21(29)33-3)23(30)26-12-17-7-5-4-6-8-17/h4-8,16,18-20,22H,9-15H2,1-3H3,(H,26,30)(H,31,32)/t18-,19-,20+,22-,25-/m0/s1. The van der Waals surface area contributed by atoms with Gasteiger partial charge in [-0.1, -0.05) is 44.2 Å². The lowest BCUT2D eigenvalue weighted by molar-refractivity contribution is -0.156. The largest absolute Gasteiger partial charge is 0.469 e. The first kappa shape index (κ1) is 23.5. The zero-order valence-electron chi connectivity index (χ0n) is 19.7. The van der Waals surface area contributed by atoms with Crippen molar-refractivity contribution in [3.05, 3.63) is 35.9 Å². The van der Waals surface area contributed by atoms with Gasteiger partial charge in [-0.2, -0.15) is 0 Å². The van der Waals surface area contributed by atoms with Crippen LogP contribution in [-0.2, 0) is 20.9 Å². The molecule has 180 valence electrons. The molecule has 4 aliphatic rings. The third-order valence-corrected chi connectivity index (χ3v) is 7.78. The Morgan fingerprint density at radius 1 is 1.21 bits per heavy atom. The maximum absolute atomic E-state index is 14.0. The molecule has 33 heavy (non-hydrogen) atoms. The van der Waals surface area contributed by atoms with E-state index < -0.39 is 11.6 Å². The molecule has 0 aromatic heterocycles. The molecule has 3 saturated heterocycles. The van der Waals surface area contributed by atoms with Crippen LogP contribution in [0.1, 0.15) is 38.7 Å². The molecule has 0 unspecified atom stereocenters. The second kappa shape index (κ2) is 9.33. The molecule has 2 amide bonds. The molecule has 3 aliphatic heterocycles. The Labute approximate surface area is 195 Å². The van der Waals surface area contributed by atoms with Gasteiger partial charge in [0.25, 0.3) is 0 Å². The van der Waals surface area contributed by atoms with E-state index in [0.717, 1.165) is 18.5 Å². The molecule has 1 aromatic carbocycles. The molecular formula is C25H35N3O5. The summed E-state index contributed by atoms with van der Waals surface area (Å²) in [7, 11) is 1.39. The highest BCUT2D eigenvalue weighted by Crippen LogP contribution is 2.57. The van der Waals surface area contributed by atoms with Crippen molar-refractivity contribution in [3.63, 3.8) is 0 Å². The van der Waals surface area contributed by atoms with Gasteiger partial charge in [0.05, 0.1) is 7.11 Å². The Bertz CT molecular complexity index is 891. The molecule has 0 spiro atoms. The number of carbonyl (C=O) groups excluding carboxylic acids is 2. The number of ether oxygens (including phenoxy) is 1. The minimum absolute atomic E-state index is 0.0544. The van der Waals surface area contributed by atoms with E-state index >= 15 is 0 Å². The second-order valence-electron chi connectivity index (χ2n) is 10.2. The Morgan fingerprint density at radius 3 is 2.58 bits per heavy atom. The highest BCUT2D eigenvalue weighted by Gasteiger charge is 2.72. The first-order chi connectivity index (χ1) is 15.8. The van der Waals surface area contributed by atoms with Crippen molar-refractivity contribution in [2.45, 2.75) is 51.2 Å². The van der Waals surface area contributed by atoms with Crippen LogP contribution in [0.2, 0.25) is 0 Å². The molecule has 4 fully saturated rings. The molecule has 8 heteroatoms. The summed E-state index contributed by atoms with van der Waals surface area (Å²) in [5.41, 5.74) is -0.160. The fourth-order valence-electron chi connectivity index (χ4n) is 6.72. The van der Waals surface area contributed by atoms with Crippen molar-refractivity contribution in [1.29, 1.82) is 0 Å². The first-order valence-electron chi connectivity index (χ1n) is 11.9. The van der Waals surface area contributed by atoms with Crippen molar-refractivity contribution in [3.8, 4) is 0 Å². The van der Waals surface area contributed by atoms with Crippen LogP contribution < -0.4 is 5.32 Å². The molecule has 1 aliphatic carbocycles. The van der Waals surface area contributed by atoms with Crippen LogP contribution in [0.4, 0.5) is 4.79 Å². The van der Waals surface area contributed by atoms with Crippen molar-refractivity contribution < 1.29 is 24.2 Å². The molecule has 0 radical (unpaired) electrons. The third kappa shape index (κ3) is 4.09. The van der Waals surface area contributed by atoms with E-state index in [0.29, 0.717) is 32.0 Å². The molecular weight excluding hydrogens is 422 g/mol. The fraction of sp³-hybridized carbons (Fsp3) is 0.640. The fourth-order valence-corrected chi connectivity index (χ4v) is 6.72. The number of benzene rings is 1. The topological polar surface area (TPSA) is 99.2 Å². The lowest BCUT2D eigenvalue weighted by atomic mass is 9.57. The van der Waals surface area contributed by atoms with Crippen LogP contribution in [0.5, 0.6) is 0 Å². The van der Waals surface area contributed by atoms with Gasteiger partial charge in [0, 0.05) is 44.6 Å². The van der Waals surface area contributed by atoms with Gasteiger partial charge in [-0.3, -0.25) is 19.4 Å². The van der Waals surface area contributed by atoms with Gasteiger partial charge in [-0.05, 0) is 36.2 Å². The van der Waals surface area contributed by atoms with Crippen LogP contribution in [0.15, 0.2) is 30.3 Å². The molecule has 5 atom stereocenters.